The Kier molecular flexibility index (Phi) is 4.96. The summed E-state index contributed by atoms with van der Waals surface area (Å²) in [7, 11) is 0. The summed E-state index contributed by atoms with van der Waals surface area (Å²) < 4.78 is 12.8. The van der Waals surface area contributed by atoms with Crippen LogP contribution >= 0.6 is 0 Å². The van der Waals surface area contributed by atoms with Gasteiger partial charge in [0, 0.05) is 24.3 Å². The van der Waals surface area contributed by atoms with Crippen LogP contribution in [-0.4, -0.2) is 30.2 Å². The Morgan fingerprint density at radius 1 is 1.04 bits per heavy atom. The number of hydrazine groups is 1. The number of carbonyl (C=O) groups is 1. The second-order valence-electron chi connectivity index (χ2n) is 5.85. The zero-order valence-electron chi connectivity index (χ0n) is 13.2. The molecule has 0 aromatic heterocycles. The Morgan fingerprint density at radius 2 is 1.67 bits per heavy atom. The van der Waals surface area contributed by atoms with Gasteiger partial charge in [0.2, 0.25) is 0 Å². The number of anilines is 2. The van der Waals surface area contributed by atoms with Crippen molar-refractivity contribution in [2.75, 3.05) is 23.4 Å². The first-order chi connectivity index (χ1) is 11.6. The molecule has 2 aromatic carbocycles. The van der Waals surface area contributed by atoms with E-state index in [1.54, 1.807) is 24.3 Å². The van der Waals surface area contributed by atoms with Crippen molar-refractivity contribution in [1.29, 1.82) is 0 Å². The first kappa shape index (κ1) is 16.3. The molecule has 0 unspecified atom stereocenters. The molecular formula is C18H20FN3O2. The number of carbonyl (C=O) groups excluding carboxylic acids is 1. The fraction of sp³-hybridized carbons (Fsp3) is 0.278. The van der Waals surface area contributed by atoms with Crippen molar-refractivity contribution in [1.82, 2.24) is 5.43 Å². The smallest absolute Gasteiger partial charge is 0.269 e. The number of nitrogens with zero attached hydrogens (tertiary/aromatic N) is 1. The van der Waals surface area contributed by atoms with Crippen LogP contribution in [0.1, 0.15) is 23.2 Å². The van der Waals surface area contributed by atoms with Gasteiger partial charge in [-0.3, -0.25) is 15.6 Å². The van der Waals surface area contributed by atoms with Crippen molar-refractivity contribution >= 4 is 17.3 Å². The monoisotopic (exact) mass is 329 g/mol. The number of hydrogen-bond acceptors (Lipinski definition) is 4. The Hall–Kier alpha value is -2.60. The lowest BCUT2D eigenvalue weighted by Crippen LogP contribution is -2.35. The molecule has 6 heteroatoms. The number of aliphatic hydroxyl groups is 1. The molecular weight excluding hydrogens is 309 g/mol. The highest BCUT2D eigenvalue weighted by Gasteiger charge is 2.17. The molecule has 1 fully saturated rings. The molecule has 0 aliphatic carbocycles. The summed E-state index contributed by atoms with van der Waals surface area (Å²) in [5, 5.41) is 9.55. The van der Waals surface area contributed by atoms with Crippen molar-refractivity contribution in [2.45, 2.75) is 18.9 Å². The second-order valence-corrected chi connectivity index (χ2v) is 5.85. The molecule has 0 spiro atoms. The van der Waals surface area contributed by atoms with Crippen LogP contribution in [0.2, 0.25) is 0 Å². The van der Waals surface area contributed by atoms with Gasteiger partial charge in [0.25, 0.3) is 5.91 Å². The van der Waals surface area contributed by atoms with Crippen LogP contribution in [0.25, 0.3) is 0 Å². The Balaban J connectivity index is 1.56. The van der Waals surface area contributed by atoms with E-state index in [1.165, 1.54) is 12.1 Å². The van der Waals surface area contributed by atoms with Crippen LogP contribution in [0.5, 0.6) is 0 Å². The molecule has 5 nitrogen and oxygen atoms in total. The molecule has 0 bridgehead atoms. The van der Waals surface area contributed by atoms with Crippen LogP contribution in [0.3, 0.4) is 0 Å². The second kappa shape index (κ2) is 7.31. The van der Waals surface area contributed by atoms with E-state index in [4.69, 9.17) is 0 Å². The molecule has 3 rings (SSSR count). The lowest BCUT2D eigenvalue weighted by Gasteiger charge is -2.31. The fourth-order valence-corrected chi connectivity index (χ4v) is 2.68. The number of nitrogens with one attached hydrogen (secondary N) is 2. The number of hydrogen-bond donors (Lipinski definition) is 3. The lowest BCUT2D eigenvalue weighted by atomic mass is 10.1. The van der Waals surface area contributed by atoms with Crippen molar-refractivity contribution in [3.8, 4) is 0 Å². The molecule has 2 aromatic rings. The Morgan fingerprint density at radius 3 is 2.29 bits per heavy atom. The minimum Gasteiger partial charge on any atom is -0.393 e. The molecule has 126 valence electrons. The van der Waals surface area contributed by atoms with E-state index < -0.39 is 0 Å². The number of rotatable bonds is 4. The summed E-state index contributed by atoms with van der Waals surface area (Å²) in [5.74, 6) is -0.590. The average Bonchev–Trinajstić information content (AvgIpc) is 2.62. The van der Waals surface area contributed by atoms with E-state index in [0.717, 1.165) is 31.6 Å². The zero-order chi connectivity index (χ0) is 16.9. The van der Waals surface area contributed by atoms with Crippen LogP contribution in [-0.2, 0) is 0 Å². The first-order valence-electron chi connectivity index (χ1n) is 7.97. The third-order valence-electron chi connectivity index (χ3n) is 4.12. The maximum Gasteiger partial charge on any atom is 0.269 e. The van der Waals surface area contributed by atoms with E-state index in [1.807, 2.05) is 12.1 Å². The maximum absolute atomic E-state index is 12.8. The van der Waals surface area contributed by atoms with Crippen LogP contribution in [0.15, 0.2) is 48.5 Å². The summed E-state index contributed by atoms with van der Waals surface area (Å²) in [6.45, 7) is 1.64. The van der Waals surface area contributed by atoms with Crippen LogP contribution in [0, 0.1) is 5.82 Å². The van der Waals surface area contributed by atoms with Gasteiger partial charge in [-0.2, -0.15) is 0 Å². The first-order valence-corrected chi connectivity index (χ1v) is 7.97. The molecule has 1 aliphatic rings. The average molecular weight is 329 g/mol. The normalized spacial score (nSPS) is 15.2. The number of aliphatic hydroxyl groups excluding tert-OH is 1. The van der Waals surface area contributed by atoms with Crippen LogP contribution < -0.4 is 15.8 Å². The predicted molar refractivity (Wildman–Crippen MR) is 91.4 cm³/mol. The van der Waals surface area contributed by atoms with Crippen molar-refractivity contribution in [3.63, 3.8) is 0 Å². The van der Waals surface area contributed by atoms with Gasteiger partial charge in [-0.1, -0.05) is 0 Å². The summed E-state index contributed by atoms with van der Waals surface area (Å²) in [6.07, 6.45) is 1.33. The number of halogens is 1. The van der Waals surface area contributed by atoms with E-state index in [-0.39, 0.29) is 17.8 Å². The highest BCUT2D eigenvalue weighted by atomic mass is 19.1. The number of amides is 1. The highest BCUT2D eigenvalue weighted by Crippen LogP contribution is 2.20. The molecule has 1 heterocycles. The van der Waals surface area contributed by atoms with Gasteiger partial charge in [-0.05, 0) is 61.4 Å². The molecule has 1 amide bonds. The highest BCUT2D eigenvalue weighted by molar-refractivity contribution is 5.95. The molecule has 3 N–H and O–H groups in total. The van der Waals surface area contributed by atoms with Gasteiger partial charge in [0.1, 0.15) is 5.82 Å². The van der Waals surface area contributed by atoms with Gasteiger partial charge in [0.15, 0.2) is 0 Å². The van der Waals surface area contributed by atoms with Crippen LogP contribution in [0.4, 0.5) is 15.8 Å². The summed E-state index contributed by atoms with van der Waals surface area (Å²) >= 11 is 0. The largest absolute Gasteiger partial charge is 0.393 e. The third kappa shape index (κ3) is 4.02. The van der Waals surface area contributed by atoms with E-state index in [2.05, 4.69) is 15.8 Å². The summed E-state index contributed by atoms with van der Waals surface area (Å²) in [5.41, 5.74) is 7.51. The number of piperidine rings is 1. The standard InChI is InChI=1S/C18H20FN3O2/c19-14-3-5-15(6-4-14)20-21-18(24)13-1-7-16(8-2-13)22-11-9-17(23)10-12-22/h1-8,17,20,23H,9-12H2,(H,21,24). The Labute approximate surface area is 140 Å². The van der Waals surface area contributed by atoms with Gasteiger partial charge in [-0.15, -0.1) is 0 Å². The van der Waals surface area contributed by atoms with Gasteiger partial charge in [0.05, 0.1) is 11.8 Å². The van der Waals surface area contributed by atoms with Gasteiger partial charge in [-0.25, -0.2) is 4.39 Å². The van der Waals surface area contributed by atoms with E-state index >= 15 is 0 Å². The molecule has 1 saturated heterocycles. The minimum atomic E-state index is -0.326. The summed E-state index contributed by atoms with van der Waals surface area (Å²) in [4.78, 5) is 14.3. The van der Waals surface area contributed by atoms with E-state index in [0.29, 0.717) is 11.3 Å². The zero-order valence-corrected chi connectivity index (χ0v) is 13.2. The predicted octanol–water partition coefficient (Wildman–Crippen LogP) is 2.54. The van der Waals surface area contributed by atoms with E-state index in [9.17, 15) is 14.3 Å². The maximum atomic E-state index is 12.8. The van der Waals surface area contributed by atoms with Gasteiger partial charge >= 0.3 is 0 Å². The molecule has 24 heavy (non-hydrogen) atoms. The van der Waals surface area contributed by atoms with Crippen molar-refractivity contribution < 1.29 is 14.3 Å². The minimum absolute atomic E-state index is 0.205. The third-order valence-corrected chi connectivity index (χ3v) is 4.12. The topological polar surface area (TPSA) is 64.6 Å². The molecule has 0 radical (unpaired) electrons. The fourth-order valence-electron chi connectivity index (χ4n) is 2.68. The Bertz CT molecular complexity index is 680. The van der Waals surface area contributed by atoms with Crippen molar-refractivity contribution in [2.24, 2.45) is 0 Å². The van der Waals surface area contributed by atoms with Gasteiger partial charge < -0.3 is 10.0 Å². The summed E-state index contributed by atoms with van der Waals surface area (Å²) in [6, 6.07) is 13.1. The molecule has 0 atom stereocenters. The quantitative estimate of drug-likeness (QED) is 0.754. The molecule has 1 aliphatic heterocycles. The number of benzene rings is 2. The molecule has 0 saturated carbocycles. The SMILES string of the molecule is O=C(NNc1ccc(F)cc1)c1ccc(N2CCC(O)CC2)cc1. The van der Waals surface area contributed by atoms with Crippen molar-refractivity contribution in [3.05, 3.63) is 59.9 Å². The lowest BCUT2D eigenvalue weighted by molar-refractivity contribution is 0.0962.